The number of carbonyl (C=O) groups is 1. The van der Waals surface area contributed by atoms with Gasteiger partial charge in [-0.05, 0) is 76.0 Å². The first-order valence-corrected chi connectivity index (χ1v) is 10.1. The molecular weight excluding hydrogens is 326 g/mol. The Morgan fingerprint density at radius 3 is 2.58 bits per heavy atom. The lowest BCUT2D eigenvalue weighted by Gasteiger charge is -2.55. The van der Waals surface area contributed by atoms with E-state index in [-0.39, 0.29) is 11.8 Å². The first-order valence-electron chi connectivity index (χ1n) is 10.1. The van der Waals surface area contributed by atoms with Gasteiger partial charge in [0.2, 0.25) is 5.91 Å². The van der Waals surface area contributed by atoms with Gasteiger partial charge in [-0.3, -0.25) is 4.79 Å². The fourth-order valence-corrected chi connectivity index (χ4v) is 5.26. The van der Waals surface area contributed by atoms with Crippen LogP contribution in [0.15, 0.2) is 24.3 Å². The molecule has 0 aromatic heterocycles. The second-order valence-corrected chi connectivity index (χ2v) is 9.08. The molecule has 1 amide bonds. The summed E-state index contributed by atoms with van der Waals surface area (Å²) in [6.07, 6.45) is 6.10. The SMILES string of the molecule is CCOc1cccc(C2CCC3(CC2)CN(C(=O)[C@H]2C[C@@](C)(O)C2)C3)c1. The summed E-state index contributed by atoms with van der Waals surface area (Å²) in [6.45, 7) is 6.41. The van der Waals surface area contributed by atoms with Crippen molar-refractivity contribution in [3.8, 4) is 5.75 Å². The maximum atomic E-state index is 12.5. The van der Waals surface area contributed by atoms with Gasteiger partial charge in [-0.25, -0.2) is 0 Å². The van der Waals surface area contributed by atoms with Crippen LogP contribution in [-0.2, 0) is 4.79 Å². The van der Waals surface area contributed by atoms with Crippen molar-refractivity contribution in [1.82, 2.24) is 4.90 Å². The fraction of sp³-hybridized carbons (Fsp3) is 0.682. The van der Waals surface area contributed by atoms with Crippen molar-refractivity contribution in [2.75, 3.05) is 19.7 Å². The zero-order valence-electron chi connectivity index (χ0n) is 16.0. The van der Waals surface area contributed by atoms with Crippen LogP contribution in [0.5, 0.6) is 5.75 Å². The van der Waals surface area contributed by atoms with E-state index in [1.165, 1.54) is 31.2 Å². The van der Waals surface area contributed by atoms with Gasteiger partial charge in [-0.2, -0.15) is 0 Å². The number of hydrogen-bond acceptors (Lipinski definition) is 3. The summed E-state index contributed by atoms with van der Waals surface area (Å²) >= 11 is 0. The Balaban J connectivity index is 1.28. The molecule has 1 aliphatic heterocycles. The van der Waals surface area contributed by atoms with Gasteiger partial charge in [0, 0.05) is 24.4 Å². The van der Waals surface area contributed by atoms with Crippen LogP contribution < -0.4 is 4.74 Å². The molecule has 142 valence electrons. The van der Waals surface area contributed by atoms with Crippen LogP contribution >= 0.6 is 0 Å². The molecule has 0 unspecified atom stereocenters. The quantitative estimate of drug-likeness (QED) is 0.893. The van der Waals surface area contributed by atoms with Crippen molar-refractivity contribution in [3.63, 3.8) is 0 Å². The third-order valence-corrected chi connectivity index (χ3v) is 6.77. The summed E-state index contributed by atoms with van der Waals surface area (Å²) < 4.78 is 5.64. The average Bonchev–Trinajstić information content (AvgIpc) is 2.57. The molecule has 1 N–H and O–H groups in total. The van der Waals surface area contributed by atoms with Crippen LogP contribution in [0.25, 0.3) is 0 Å². The number of benzene rings is 1. The number of aliphatic hydroxyl groups is 1. The van der Waals surface area contributed by atoms with Gasteiger partial charge in [-0.1, -0.05) is 12.1 Å². The Morgan fingerprint density at radius 2 is 1.96 bits per heavy atom. The van der Waals surface area contributed by atoms with Crippen molar-refractivity contribution in [2.24, 2.45) is 11.3 Å². The molecule has 4 rings (SSSR count). The van der Waals surface area contributed by atoms with Crippen molar-refractivity contribution < 1.29 is 14.6 Å². The summed E-state index contributed by atoms with van der Waals surface area (Å²) in [4.78, 5) is 14.5. The van der Waals surface area contributed by atoms with Crippen LogP contribution in [0, 0.1) is 11.3 Å². The molecule has 4 heteroatoms. The van der Waals surface area contributed by atoms with Crippen LogP contribution in [-0.4, -0.2) is 41.2 Å². The summed E-state index contributed by atoms with van der Waals surface area (Å²) in [6, 6.07) is 8.56. The van der Waals surface area contributed by atoms with Crippen LogP contribution in [0.3, 0.4) is 0 Å². The third kappa shape index (κ3) is 3.36. The van der Waals surface area contributed by atoms with Crippen molar-refractivity contribution in [3.05, 3.63) is 29.8 Å². The van der Waals surface area contributed by atoms with Gasteiger partial charge in [0.1, 0.15) is 5.75 Å². The van der Waals surface area contributed by atoms with Crippen LogP contribution in [0.4, 0.5) is 0 Å². The lowest BCUT2D eigenvalue weighted by atomic mass is 9.64. The Labute approximate surface area is 156 Å². The molecular formula is C22H31NO3. The highest BCUT2D eigenvalue weighted by atomic mass is 16.5. The highest BCUT2D eigenvalue weighted by molar-refractivity contribution is 5.81. The maximum absolute atomic E-state index is 12.5. The number of amides is 1. The van der Waals surface area contributed by atoms with E-state index in [0.29, 0.717) is 30.8 Å². The van der Waals surface area contributed by atoms with Gasteiger partial charge >= 0.3 is 0 Å². The number of hydrogen-bond donors (Lipinski definition) is 1. The second-order valence-electron chi connectivity index (χ2n) is 9.08. The maximum Gasteiger partial charge on any atom is 0.225 e. The molecule has 0 radical (unpaired) electrons. The van der Waals surface area contributed by atoms with Gasteiger partial charge in [-0.15, -0.1) is 0 Å². The first kappa shape index (κ1) is 17.8. The molecule has 3 fully saturated rings. The minimum atomic E-state index is -0.614. The molecule has 0 atom stereocenters. The van der Waals surface area contributed by atoms with E-state index in [1.54, 1.807) is 0 Å². The lowest BCUT2D eigenvalue weighted by Crippen LogP contribution is -2.62. The van der Waals surface area contributed by atoms with E-state index in [9.17, 15) is 9.90 Å². The Kier molecular flexibility index (Phi) is 4.50. The first-order chi connectivity index (χ1) is 12.4. The van der Waals surface area contributed by atoms with Gasteiger partial charge < -0.3 is 14.7 Å². The largest absolute Gasteiger partial charge is 0.494 e. The van der Waals surface area contributed by atoms with Gasteiger partial charge in [0.05, 0.1) is 12.2 Å². The third-order valence-electron chi connectivity index (χ3n) is 6.77. The normalized spacial score (nSPS) is 30.6. The summed E-state index contributed by atoms with van der Waals surface area (Å²) in [5.74, 6) is 1.92. The molecule has 4 nitrogen and oxygen atoms in total. The van der Waals surface area contributed by atoms with Gasteiger partial charge in [0.15, 0.2) is 0 Å². The molecule has 1 saturated heterocycles. The van der Waals surface area contributed by atoms with Crippen molar-refractivity contribution in [1.29, 1.82) is 0 Å². The number of likely N-dealkylation sites (tertiary alicyclic amines) is 1. The smallest absolute Gasteiger partial charge is 0.225 e. The predicted molar refractivity (Wildman–Crippen MR) is 101 cm³/mol. The summed E-state index contributed by atoms with van der Waals surface area (Å²) in [5, 5.41) is 9.86. The molecule has 1 aromatic carbocycles. The Morgan fingerprint density at radius 1 is 1.27 bits per heavy atom. The fourth-order valence-electron chi connectivity index (χ4n) is 5.26. The predicted octanol–water partition coefficient (Wildman–Crippen LogP) is 3.73. The highest BCUT2D eigenvalue weighted by Crippen LogP contribution is 2.50. The molecule has 2 saturated carbocycles. The minimum absolute atomic E-state index is 0.0556. The average molecular weight is 357 g/mol. The monoisotopic (exact) mass is 357 g/mol. The minimum Gasteiger partial charge on any atom is -0.494 e. The zero-order valence-corrected chi connectivity index (χ0v) is 16.0. The van der Waals surface area contributed by atoms with E-state index >= 15 is 0 Å². The van der Waals surface area contributed by atoms with Crippen LogP contribution in [0.2, 0.25) is 0 Å². The molecule has 1 spiro atoms. The molecule has 0 bridgehead atoms. The van der Waals surface area contributed by atoms with E-state index < -0.39 is 5.60 Å². The second kappa shape index (κ2) is 6.56. The summed E-state index contributed by atoms with van der Waals surface area (Å²) in [7, 11) is 0. The Hall–Kier alpha value is -1.55. The standard InChI is InChI=1S/C22H31NO3/c1-3-26-19-6-4-5-17(11-19)16-7-9-22(10-8-16)14-23(15-22)20(24)18-12-21(2,25)13-18/h4-6,11,16,18,25H,3,7-10,12-15H2,1-2H3/t18-,21+. The van der Waals surface area contributed by atoms with E-state index in [2.05, 4.69) is 18.2 Å². The number of rotatable bonds is 4. The zero-order chi connectivity index (χ0) is 18.4. The summed E-state index contributed by atoms with van der Waals surface area (Å²) in [5.41, 5.74) is 1.14. The topological polar surface area (TPSA) is 49.8 Å². The van der Waals surface area contributed by atoms with Crippen molar-refractivity contribution in [2.45, 2.75) is 63.9 Å². The molecule has 1 heterocycles. The Bertz CT molecular complexity index is 660. The molecule has 26 heavy (non-hydrogen) atoms. The van der Waals surface area contributed by atoms with E-state index in [1.807, 2.05) is 24.8 Å². The molecule has 2 aliphatic carbocycles. The van der Waals surface area contributed by atoms with Crippen molar-refractivity contribution >= 4 is 5.91 Å². The van der Waals surface area contributed by atoms with Crippen LogP contribution in [0.1, 0.15) is 63.9 Å². The number of nitrogens with zero attached hydrogens (tertiary/aromatic N) is 1. The van der Waals surface area contributed by atoms with E-state index in [0.717, 1.165) is 18.8 Å². The van der Waals surface area contributed by atoms with E-state index in [4.69, 9.17) is 4.74 Å². The van der Waals surface area contributed by atoms with Gasteiger partial charge in [0.25, 0.3) is 0 Å². The lowest BCUT2D eigenvalue weighted by molar-refractivity contribution is -0.163. The molecule has 1 aromatic rings. The highest BCUT2D eigenvalue weighted by Gasteiger charge is 2.51. The molecule has 3 aliphatic rings. The number of ether oxygens (including phenoxy) is 1. The number of carbonyl (C=O) groups excluding carboxylic acids is 1.